The van der Waals surface area contributed by atoms with Gasteiger partial charge in [-0.2, -0.15) is 4.72 Å². The Hall–Kier alpha value is -2.19. The molecule has 1 fully saturated rings. The highest BCUT2D eigenvalue weighted by Gasteiger charge is 2.43. The smallest absolute Gasteiger partial charge is 0.244 e. The topological polar surface area (TPSA) is 61.4 Å². The fourth-order valence-electron chi connectivity index (χ4n) is 4.58. The van der Waals surface area contributed by atoms with Gasteiger partial charge in [0.15, 0.2) is 0 Å². The molecule has 7 heteroatoms. The van der Waals surface area contributed by atoms with E-state index in [0.29, 0.717) is 10.6 Å². The maximum Gasteiger partial charge on any atom is 0.244 e. The number of benzene rings is 2. The van der Waals surface area contributed by atoms with Crippen LogP contribution in [0.25, 0.3) is 10.4 Å². The first-order valence-corrected chi connectivity index (χ1v) is 13.2. The molecular formula is C24H27N3O2S2. The van der Waals surface area contributed by atoms with Crippen LogP contribution >= 0.6 is 11.3 Å². The van der Waals surface area contributed by atoms with Crippen molar-refractivity contribution < 1.29 is 8.42 Å². The minimum absolute atomic E-state index is 0.342. The molecule has 2 aliphatic rings. The average Bonchev–Trinajstić information content (AvgIpc) is 3.30. The minimum Gasteiger partial charge on any atom is -0.365 e. The first-order valence-electron chi connectivity index (χ1n) is 10.8. The summed E-state index contributed by atoms with van der Waals surface area (Å²) in [4.78, 5) is 3.86. The molecule has 1 spiro atoms. The molecule has 0 radical (unpaired) electrons. The molecule has 1 aromatic heterocycles. The number of piperidine rings is 1. The molecular weight excluding hydrogens is 426 g/mol. The Kier molecular flexibility index (Phi) is 5.60. The van der Waals surface area contributed by atoms with E-state index in [0.717, 1.165) is 55.8 Å². The van der Waals surface area contributed by atoms with Gasteiger partial charge in [-0.05, 0) is 66.9 Å². The van der Waals surface area contributed by atoms with E-state index in [1.807, 2.05) is 35.7 Å². The second kappa shape index (κ2) is 8.39. The number of anilines is 1. The van der Waals surface area contributed by atoms with Gasteiger partial charge in [0.1, 0.15) is 10.6 Å². The zero-order valence-corrected chi connectivity index (χ0v) is 19.0. The lowest BCUT2D eigenvalue weighted by Gasteiger charge is -2.45. The van der Waals surface area contributed by atoms with Gasteiger partial charge in [0.25, 0.3) is 0 Å². The van der Waals surface area contributed by atoms with Crippen LogP contribution in [-0.4, -0.2) is 38.6 Å². The van der Waals surface area contributed by atoms with Crippen LogP contribution in [0.5, 0.6) is 0 Å². The van der Waals surface area contributed by atoms with Crippen LogP contribution in [0.2, 0.25) is 0 Å². The van der Waals surface area contributed by atoms with Crippen molar-refractivity contribution in [1.82, 2.24) is 9.62 Å². The maximum absolute atomic E-state index is 13.1. The summed E-state index contributed by atoms with van der Waals surface area (Å²) in [6.07, 6.45) is 3.70. The van der Waals surface area contributed by atoms with Crippen LogP contribution in [0.1, 0.15) is 24.8 Å². The normalized spacial score (nSPS) is 19.6. The Morgan fingerprint density at radius 3 is 2.55 bits per heavy atom. The highest BCUT2D eigenvalue weighted by Crippen LogP contribution is 2.38. The van der Waals surface area contributed by atoms with Gasteiger partial charge in [-0.15, -0.1) is 11.3 Å². The molecule has 0 unspecified atom stereocenters. The molecule has 0 aliphatic carbocycles. The molecule has 5 rings (SSSR count). The average molecular weight is 454 g/mol. The van der Waals surface area contributed by atoms with Crippen LogP contribution in [0.15, 0.2) is 70.9 Å². The molecule has 162 valence electrons. The number of sulfonamides is 1. The van der Waals surface area contributed by atoms with Crippen LogP contribution < -0.4 is 10.0 Å². The summed E-state index contributed by atoms with van der Waals surface area (Å²) in [7, 11) is -3.56. The Balaban J connectivity index is 1.24. The second-order valence-electron chi connectivity index (χ2n) is 8.43. The number of nitrogens with zero attached hydrogens (tertiary/aromatic N) is 1. The molecule has 31 heavy (non-hydrogen) atoms. The van der Waals surface area contributed by atoms with Crippen LogP contribution in [0, 0.1) is 0 Å². The summed E-state index contributed by atoms with van der Waals surface area (Å²) < 4.78 is 29.2. The van der Waals surface area contributed by atoms with Gasteiger partial charge in [0.2, 0.25) is 10.0 Å². The summed E-state index contributed by atoms with van der Waals surface area (Å²) in [6.45, 7) is 2.80. The molecule has 0 amide bonds. The number of likely N-dealkylation sites (tertiary alicyclic amines) is 1. The Labute approximate surface area is 188 Å². The number of hydrogen-bond donors (Lipinski definition) is 2. The number of hydrogen-bond acceptors (Lipinski definition) is 5. The third-order valence-electron chi connectivity index (χ3n) is 6.27. The number of aryl methyl sites for hydroxylation is 1. The Bertz CT molecular complexity index is 1140. The lowest BCUT2D eigenvalue weighted by Crippen LogP contribution is -2.62. The zero-order chi connectivity index (χ0) is 21.3. The lowest BCUT2D eigenvalue weighted by atomic mass is 9.96. The van der Waals surface area contributed by atoms with E-state index in [-0.39, 0.29) is 0 Å². The lowest BCUT2D eigenvalue weighted by molar-refractivity contribution is 0.164. The summed E-state index contributed by atoms with van der Waals surface area (Å²) >= 11 is 1.61. The molecule has 0 bridgehead atoms. The minimum atomic E-state index is -3.56. The fourth-order valence-corrected chi connectivity index (χ4v) is 6.87. The molecule has 1 saturated heterocycles. The van der Waals surface area contributed by atoms with Gasteiger partial charge in [-0.3, -0.25) is 0 Å². The van der Waals surface area contributed by atoms with Crippen molar-refractivity contribution in [1.29, 1.82) is 0 Å². The van der Waals surface area contributed by atoms with Gasteiger partial charge in [0.05, 0.1) is 5.69 Å². The molecule has 2 aromatic carbocycles. The van der Waals surface area contributed by atoms with Gasteiger partial charge >= 0.3 is 0 Å². The zero-order valence-electron chi connectivity index (χ0n) is 17.4. The first kappa shape index (κ1) is 20.7. The fraction of sp³-hybridized carbons (Fsp3) is 0.333. The van der Waals surface area contributed by atoms with Crippen LogP contribution in [-0.2, 0) is 16.4 Å². The molecule has 0 atom stereocenters. The number of thiophene rings is 1. The predicted octanol–water partition coefficient (Wildman–Crippen LogP) is 4.54. The monoisotopic (exact) mass is 453 g/mol. The summed E-state index contributed by atoms with van der Waals surface area (Å²) in [5, 5.41) is 5.53. The number of fused-ring (bicyclic) bond motifs is 1. The highest BCUT2D eigenvalue weighted by atomic mass is 32.2. The van der Waals surface area contributed by atoms with E-state index < -0.39 is 15.7 Å². The Morgan fingerprint density at radius 1 is 1.00 bits per heavy atom. The number of rotatable bonds is 5. The molecule has 2 N–H and O–H groups in total. The maximum atomic E-state index is 13.1. The van der Waals surface area contributed by atoms with E-state index in [1.165, 1.54) is 5.56 Å². The van der Waals surface area contributed by atoms with E-state index in [9.17, 15) is 8.42 Å². The van der Waals surface area contributed by atoms with E-state index >= 15 is 0 Å². The molecule has 0 saturated carbocycles. The van der Waals surface area contributed by atoms with Crippen molar-refractivity contribution in [2.45, 2.75) is 36.2 Å². The van der Waals surface area contributed by atoms with Crippen LogP contribution in [0.4, 0.5) is 5.69 Å². The first-order chi connectivity index (χ1) is 15.0. The largest absolute Gasteiger partial charge is 0.365 e. The molecule has 2 aliphatic heterocycles. The van der Waals surface area contributed by atoms with Crippen molar-refractivity contribution in [3.63, 3.8) is 0 Å². The van der Waals surface area contributed by atoms with Gasteiger partial charge in [0, 0.05) is 18.0 Å². The third-order valence-corrected chi connectivity index (χ3v) is 8.77. The van der Waals surface area contributed by atoms with E-state index in [1.54, 1.807) is 17.4 Å². The van der Waals surface area contributed by atoms with Gasteiger partial charge in [-0.25, -0.2) is 8.42 Å². The van der Waals surface area contributed by atoms with Crippen LogP contribution in [0.3, 0.4) is 0 Å². The van der Waals surface area contributed by atoms with E-state index in [2.05, 4.69) is 39.2 Å². The molecule has 3 heterocycles. The number of nitrogens with one attached hydrogen (secondary N) is 2. The molecule has 5 nitrogen and oxygen atoms in total. The van der Waals surface area contributed by atoms with Crippen molar-refractivity contribution in [3.05, 3.63) is 71.6 Å². The van der Waals surface area contributed by atoms with E-state index in [4.69, 9.17) is 0 Å². The van der Waals surface area contributed by atoms with Crippen molar-refractivity contribution >= 4 is 27.0 Å². The van der Waals surface area contributed by atoms with Crippen molar-refractivity contribution in [2.75, 3.05) is 25.0 Å². The summed E-state index contributed by atoms with van der Waals surface area (Å²) in [5.74, 6) is 0. The summed E-state index contributed by atoms with van der Waals surface area (Å²) in [6, 6.07) is 20.3. The van der Waals surface area contributed by atoms with Gasteiger partial charge < -0.3 is 10.2 Å². The SMILES string of the molecule is O=S1(=O)NC2(CCN(CCCc3ccccc3)CC2)Nc2ccc(-c3cccs3)cc21. The summed E-state index contributed by atoms with van der Waals surface area (Å²) in [5.41, 5.74) is 2.42. The second-order valence-corrected chi connectivity index (χ2v) is 11.0. The van der Waals surface area contributed by atoms with Crippen molar-refractivity contribution in [3.8, 4) is 10.4 Å². The Morgan fingerprint density at radius 2 is 1.81 bits per heavy atom. The predicted molar refractivity (Wildman–Crippen MR) is 127 cm³/mol. The van der Waals surface area contributed by atoms with Crippen molar-refractivity contribution in [2.24, 2.45) is 0 Å². The highest BCUT2D eigenvalue weighted by molar-refractivity contribution is 7.89. The van der Waals surface area contributed by atoms with Gasteiger partial charge in [-0.1, -0.05) is 42.5 Å². The quantitative estimate of drug-likeness (QED) is 0.595. The standard InChI is InChI=1S/C24H27N3O2S2/c28-31(29)23-18-20(22-9-5-17-30-22)10-11-21(23)25-24(26-31)12-15-27(16-13-24)14-4-8-19-6-2-1-3-7-19/h1-3,5-7,9-11,17-18,25-26H,4,8,12-16H2. The molecule has 3 aromatic rings. The third kappa shape index (κ3) is 4.41.